The third-order valence-electron chi connectivity index (χ3n) is 10.6. The van der Waals surface area contributed by atoms with E-state index in [-0.39, 0.29) is 41.3 Å². The van der Waals surface area contributed by atoms with E-state index in [1.807, 2.05) is 6.92 Å². The molecule has 9 heteroatoms. The highest BCUT2D eigenvalue weighted by molar-refractivity contribution is 6.38. The van der Waals surface area contributed by atoms with Crippen LogP contribution in [0.3, 0.4) is 0 Å². The van der Waals surface area contributed by atoms with Crippen molar-refractivity contribution in [2.24, 2.45) is 44.8 Å². The number of ether oxygens (including phenoxy) is 2. The van der Waals surface area contributed by atoms with Crippen LogP contribution in [0.5, 0.6) is 0 Å². The molecule has 208 valence electrons. The molecule has 3 fully saturated rings. The van der Waals surface area contributed by atoms with Crippen LogP contribution >= 0.6 is 0 Å². The van der Waals surface area contributed by atoms with E-state index in [0.29, 0.717) is 23.3 Å². The number of esters is 2. The van der Waals surface area contributed by atoms with Crippen molar-refractivity contribution in [1.29, 1.82) is 0 Å². The number of hydrogen-bond donors (Lipinski definition) is 0. The van der Waals surface area contributed by atoms with Crippen LogP contribution in [0, 0.1) is 34.5 Å². The van der Waals surface area contributed by atoms with E-state index in [4.69, 9.17) is 19.1 Å². The minimum absolute atomic E-state index is 0.0387. The van der Waals surface area contributed by atoms with Gasteiger partial charge in [0.2, 0.25) is 0 Å². The number of allylic oxidation sites excluding steroid dienone is 1. The molecule has 1 heterocycles. The Kier molecular flexibility index (Phi) is 6.71. The summed E-state index contributed by atoms with van der Waals surface area (Å²) in [5.41, 5.74) is 0.983. The molecule has 0 unspecified atom stereocenters. The lowest BCUT2D eigenvalue weighted by Gasteiger charge is -2.58. The number of carbonyl (C=O) groups excluding carboxylic acids is 3. The lowest BCUT2D eigenvalue weighted by molar-refractivity contribution is -0.149. The molecule has 9 nitrogen and oxygen atoms in total. The quantitative estimate of drug-likeness (QED) is 0.167. The van der Waals surface area contributed by atoms with Crippen LogP contribution in [0.25, 0.3) is 0 Å². The first-order chi connectivity index (χ1) is 18.0. The Hall–Kier alpha value is -2.71. The molecule has 4 aliphatic carbocycles. The fraction of sp³-hybridized carbons (Fsp3) is 0.759. The zero-order chi connectivity index (χ0) is 27.5. The van der Waals surface area contributed by atoms with Crippen LogP contribution in [-0.4, -0.2) is 47.6 Å². The molecule has 0 N–H and O–H groups in total. The largest absolute Gasteiger partial charge is 0.462 e. The Labute approximate surface area is 224 Å². The molecule has 8 atom stereocenters. The predicted octanol–water partition coefficient (Wildman–Crippen LogP) is 4.73. The van der Waals surface area contributed by atoms with Gasteiger partial charge in [-0.25, -0.2) is 9.59 Å². The van der Waals surface area contributed by atoms with Gasteiger partial charge in [0, 0.05) is 25.7 Å². The standard InChI is InChI=1S/C29H40N2O7/c1-7-35-26(34)25-24-15-23-21-9-8-19-14-20(36-17(3)32)10-12-27(19,5)22(21)11-13-28(23,6)29(24,38-31-25)16(2)30-37-18(4)33/h8,20-24H,7,9-15H2,1-6H3/b30-16+/t20-,21-,22+,23-,24-,27-,28-,29+/m0/s1. The number of hydrogen-bond acceptors (Lipinski definition) is 9. The van der Waals surface area contributed by atoms with Gasteiger partial charge in [0.25, 0.3) is 0 Å². The Morgan fingerprint density at radius 3 is 2.55 bits per heavy atom. The molecule has 5 rings (SSSR count). The summed E-state index contributed by atoms with van der Waals surface area (Å²) in [7, 11) is 0. The third-order valence-corrected chi connectivity index (χ3v) is 10.6. The molecule has 1 aliphatic heterocycles. The second-order valence-corrected chi connectivity index (χ2v) is 12.3. The Balaban J connectivity index is 1.50. The lowest BCUT2D eigenvalue weighted by atomic mass is 9.46. The molecule has 0 bridgehead atoms. The van der Waals surface area contributed by atoms with Crippen molar-refractivity contribution in [1.82, 2.24) is 0 Å². The summed E-state index contributed by atoms with van der Waals surface area (Å²) >= 11 is 0. The first-order valence-electron chi connectivity index (χ1n) is 14.0. The Morgan fingerprint density at radius 2 is 1.87 bits per heavy atom. The number of rotatable bonds is 5. The molecule has 38 heavy (non-hydrogen) atoms. The molecular weight excluding hydrogens is 488 g/mol. The van der Waals surface area contributed by atoms with E-state index in [0.717, 1.165) is 44.9 Å². The molecule has 0 saturated heterocycles. The van der Waals surface area contributed by atoms with Crippen LogP contribution in [0.2, 0.25) is 0 Å². The van der Waals surface area contributed by atoms with Gasteiger partial charge in [0.1, 0.15) is 11.8 Å². The van der Waals surface area contributed by atoms with Gasteiger partial charge >= 0.3 is 17.9 Å². The van der Waals surface area contributed by atoms with Gasteiger partial charge in [-0.3, -0.25) is 4.79 Å². The minimum atomic E-state index is -0.974. The zero-order valence-corrected chi connectivity index (χ0v) is 23.4. The topological polar surface area (TPSA) is 113 Å². The van der Waals surface area contributed by atoms with Crippen LogP contribution in [-0.2, 0) is 33.5 Å². The van der Waals surface area contributed by atoms with E-state index < -0.39 is 17.5 Å². The molecule has 0 radical (unpaired) electrons. The summed E-state index contributed by atoms with van der Waals surface area (Å²) in [6.45, 7) is 11.3. The van der Waals surface area contributed by atoms with Gasteiger partial charge in [-0.15, -0.1) is 0 Å². The smallest absolute Gasteiger partial charge is 0.356 e. The van der Waals surface area contributed by atoms with E-state index >= 15 is 0 Å². The number of carbonyl (C=O) groups is 3. The van der Waals surface area contributed by atoms with Gasteiger partial charge in [-0.1, -0.05) is 35.8 Å². The number of oxime groups is 2. The Morgan fingerprint density at radius 1 is 1.11 bits per heavy atom. The minimum Gasteiger partial charge on any atom is -0.462 e. The van der Waals surface area contributed by atoms with Crippen molar-refractivity contribution < 1.29 is 33.5 Å². The number of nitrogens with zero attached hydrogens (tertiary/aromatic N) is 2. The third kappa shape index (κ3) is 3.82. The second kappa shape index (κ2) is 9.49. The van der Waals surface area contributed by atoms with Gasteiger partial charge < -0.3 is 19.1 Å². The fourth-order valence-corrected chi connectivity index (χ4v) is 8.97. The fourth-order valence-electron chi connectivity index (χ4n) is 8.97. The van der Waals surface area contributed by atoms with Crippen LogP contribution in [0.4, 0.5) is 0 Å². The van der Waals surface area contributed by atoms with Crippen molar-refractivity contribution in [2.75, 3.05) is 6.61 Å². The summed E-state index contributed by atoms with van der Waals surface area (Å²) in [5.74, 6) is -0.351. The second-order valence-electron chi connectivity index (χ2n) is 12.3. The van der Waals surface area contributed by atoms with Crippen molar-refractivity contribution in [3.05, 3.63) is 11.6 Å². The molecular formula is C29H40N2O7. The van der Waals surface area contributed by atoms with Crippen molar-refractivity contribution in [2.45, 2.75) is 98.2 Å². The summed E-state index contributed by atoms with van der Waals surface area (Å²) in [6.07, 6.45) is 8.60. The molecule has 0 aromatic carbocycles. The average Bonchev–Trinajstić information content (AvgIpc) is 3.36. The van der Waals surface area contributed by atoms with Gasteiger partial charge in [-0.2, -0.15) is 0 Å². The highest BCUT2D eigenvalue weighted by Gasteiger charge is 2.74. The van der Waals surface area contributed by atoms with E-state index in [1.165, 1.54) is 19.4 Å². The zero-order valence-electron chi connectivity index (χ0n) is 23.4. The Bertz CT molecular complexity index is 1130. The maximum absolute atomic E-state index is 13.0. The van der Waals surface area contributed by atoms with Crippen LogP contribution < -0.4 is 0 Å². The summed E-state index contributed by atoms with van der Waals surface area (Å²) in [5, 5.41) is 8.47. The number of fused-ring (bicyclic) bond motifs is 7. The van der Waals surface area contributed by atoms with Crippen molar-refractivity contribution in [3.8, 4) is 0 Å². The van der Waals surface area contributed by atoms with Gasteiger partial charge in [-0.05, 0) is 75.5 Å². The lowest BCUT2D eigenvalue weighted by Crippen LogP contribution is -2.59. The molecule has 0 aromatic rings. The van der Waals surface area contributed by atoms with Crippen molar-refractivity contribution in [3.63, 3.8) is 0 Å². The average molecular weight is 529 g/mol. The van der Waals surface area contributed by atoms with E-state index in [9.17, 15) is 14.4 Å². The highest BCUT2D eigenvalue weighted by atomic mass is 16.7. The normalized spacial score (nSPS) is 41.3. The monoisotopic (exact) mass is 528 g/mol. The molecule has 3 saturated carbocycles. The van der Waals surface area contributed by atoms with Crippen molar-refractivity contribution >= 4 is 29.3 Å². The van der Waals surface area contributed by atoms with Gasteiger partial charge in [0.15, 0.2) is 11.3 Å². The van der Waals surface area contributed by atoms with Gasteiger partial charge in [0.05, 0.1) is 12.5 Å². The van der Waals surface area contributed by atoms with E-state index in [2.05, 4.69) is 30.2 Å². The van der Waals surface area contributed by atoms with E-state index in [1.54, 1.807) is 6.92 Å². The molecule has 5 aliphatic rings. The summed E-state index contributed by atoms with van der Waals surface area (Å²) in [4.78, 5) is 47.5. The molecule has 0 spiro atoms. The SMILES string of the molecule is CCOC(=O)C1=NO[C@]2(/C(C)=N/OC(C)=O)[C@H]1C[C@H]1[C@H]3CC=C4C[C@@H](OC(C)=O)CC[C@]4(C)[C@@H]3CC[C@@]12C. The first-order valence-corrected chi connectivity index (χ1v) is 14.0. The molecule has 0 amide bonds. The summed E-state index contributed by atoms with van der Waals surface area (Å²) in [6, 6.07) is 0. The molecule has 0 aromatic heterocycles. The summed E-state index contributed by atoms with van der Waals surface area (Å²) < 4.78 is 10.9. The maximum atomic E-state index is 13.0. The van der Waals surface area contributed by atoms with Crippen LogP contribution in [0.15, 0.2) is 22.0 Å². The predicted molar refractivity (Wildman–Crippen MR) is 139 cm³/mol. The highest BCUT2D eigenvalue weighted by Crippen LogP contribution is 2.70. The maximum Gasteiger partial charge on any atom is 0.356 e. The first kappa shape index (κ1) is 26.9. The van der Waals surface area contributed by atoms with Crippen LogP contribution in [0.1, 0.15) is 86.5 Å².